The topological polar surface area (TPSA) is 32.3 Å². The summed E-state index contributed by atoms with van der Waals surface area (Å²) in [5.41, 5.74) is 9.59. The first-order valence-electron chi connectivity index (χ1n) is 11.7. The third kappa shape index (κ3) is 2.99. The predicted molar refractivity (Wildman–Crippen MR) is 154 cm³/mol. The smallest absolute Gasteiger partial charge is 0.258 e. The number of anilines is 6. The molecule has 3 heterocycles. The van der Waals surface area contributed by atoms with Gasteiger partial charge in [0.15, 0.2) is 0 Å². The van der Waals surface area contributed by atoms with Crippen LogP contribution in [0.5, 0.6) is 0 Å². The van der Waals surface area contributed by atoms with Gasteiger partial charge in [0, 0.05) is 31.8 Å². The van der Waals surface area contributed by atoms with Crippen LogP contribution in [0.3, 0.4) is 0 Å². The highest BCUT2D eigenvalue weighted by Crippen LogP contribution is 2.42. The Morgan fingerprint density at radius 2 is 1.14 bits per heavy atom. The van der Waals surface area contributed by atoms with E-state index in [2.05, 4.69) is 136 Å². The second-order valence-corrected chi connectivity index (χ2v) is 10.1. The Balaban J connectivity index is 1.62. The standard InChI is InChI=1S/C29H20BIN4/c1-19-10-8-16-23-25(19)30-26-22(31)15-9-17-24(26)35(21-13-6-3-7-14-21)29-27(30)28(32-18-33-29)34(23)20-11-4-2-5-12-20/h2-18H,1H3. The van der Waals surface area contributed by atoms with Crippen molar-refractivity contribution in [3.05, 3.63) is 113 Å². The fourth-order valence-electron chi connectivity index (χ4n) is 5.57. The van der Waals surface area contributed by atoms with Gasteiger partial charge in [-0.1, -0.05) is 60.2 Å². The van der Waals surface area contributed by atoms with Gasteiger partial charge >= 0.3 is 0 Å². The predicted octanol–water partition coefficient (Wildman–Crippen LogP) is 5.47. The van der Waals surface area contributed by atoms with Crippen molar-refractivity contribution in [1.29, 1.82) is 0 Å². The molecule has 4 nitrogen and oxygen atoms in total. The number of hydrogen-bond donors (Lipinski definition) is 0. The lowest BCUT2D eigenvalue weighted by atomic mass is 9.33. The number of hydrogen-bond acceptors (Lipinski definition) is 4. The molecule has 0 bridgehead atoms. The van der Waals surface area contributed by atoms with Gasteiger partial charge in [0.2, 0.25) is 0 Å². The average molecular weight is 562 g/mol. The zero-order valence-electron chi connectivity index (χ0n) is 19.1. The second kappa shape index (κ2) is 7.95. The van der Waals surface area contributed by atoms with Crippen molar-refractivity contribution < 1.29 is 0 Å². The lowest BCUT2D eigenvalue weighted by Crippen LogP contribution is -2.63. The second-order valence-electron chi connectivity index (χ2n) is 8.89. The minimum Gasteiger partial charge on any atom is -0.296 e. The minimum atomic E-state index is 0.0559. The molecule has 166 valence electrons. The highest BCUT2D eigenvalue weighted by Gasteiger charge is 2.46. The van der Waals surface area contributed by atoms with Crippen LogP contribution < -0.4 is 26.2 Å². The van der Waals surface area contributed by atoms with E-state index in [0.29, 0.717) is 0 Å². The Morgan fingerprint density at radius 3 is 1.74 bits per heavy atom. The molecule has 0 N–H and O–H groups in total. The summed E-state index contributed by atoms with van der Waals surface area (Å²) in [6.07, 6.45) is 1.71. The van der Waals surface area contributed by atoms with E-state index in [4.69, 9.17) is 9.97 Å². The van der Waals surface area contributed by atoms with Crippen LogP contribution in [0.1, 0.15) is 5.56 Å². The van der Waals surface area contributed by atoms with Crippen LogP contribution in [-0.2, 0) is 0 Å². The third-order valence-electron chi connectivity index (χ3n) is 6.97. The van der Waals surface area contributed by atoms with Gasteiger partial charge in [-0.2, -0.15) is 0 Å². The monoisotopic (exact) mass is 562 g/mol. The van der Waals surface area contributed by atoms with Crippen LogP contribution in [0.4, 0.5) is 34.4 Å². The van der Waals surface area contributed by atoms with Gasteiger partial charge in [0.1, 0.15) is 18.0 Å². The van der Waals surface area contributed by atoms with Crippen LogP contribution in [0.2, 0.25) is 0 Å². The lowest BCUT2D eigenvalue weighted by molar-refractivity contribution is 1.09. The zero-order valence-corrected chi connectivity index (χ0v) is 21.2. The zero-order chi connectivity index (χ0) is 23.5. The number of aryl methyl sites for hydroxylation is 1. The van der Waals surface area contributed by atoms with Crippen LogP contribution >= 0.6 is 22.6 Å². The highest BCUT2D eigenvalue weighted by molar-refractivity contribution is 14.1. The van der Waals surface area contributed by atoms with Crippen LogP contribution in [-0.4, -0.2) is 16.7 Å². The largest absolute Gasteiger partial charge is 0.296 e. The number of rotatable bonds is 2. The molecule has 0 saturated heterocycles. The van der Waals surface area contributed by atoms with E-state index in [0.717, 1.165) is 28.5 Å². The number of fused-ring (bicyclic) bond motifs is 4. The fraction of sp³-hybridized carbons (Fsp3) is 0.0345. The molecule has 0 unspecified atom stereocenters. The molecule has 0 spiro atoms. The molecule has 1 aromatic heterocycles. The summed E-state index contributed by atoms with van der Waals surface area (Å²) in [7, 11) is 0. The molecule has 0 atom stereocenters. The van der Waals surface area contributed by atoms with Gasteiger partial charge in [-0.15, -0.1) is 0 Å². The summed E-state index contributed by atoms with van der Waals surface area (Å²) in [6.45, 7) is 2.27. The van der Waals surface area contributed by atoms with Crippen molar-refractivity contribution in [2.24, 2.45) is 0 Å². The van der Waals surface area contributed by atoms with E-state index < -0.39 is 0 Å². The summed E-state index contributed by atoms with van der Waals surface area (Å²) >= 11 is 2.49. The SMILES string of the molecule is Cc1cccc2c1B1c3c(I)cccc3N(c3ccccc3)c3ncnc(c31)N2c1ccccc1. The Hall–Kier alpha value is -3.65. The molecule has 0 radical (unpaired) electrons. The Bertz CT molecular complexity index is 1470. The molecule has 4 aromatic carbocycles. The summed E-state index contributed by atoms with van der Waals surface area (Å²) in [4.78, 5) is 14.4. The third-order valence-corrected chi connectivity index (χ3v) is 7.91. The lowest BCUT2D eigenvalue weighted by Gasteiger charge is -2.43. The summed E-state index contributed by atoms with van der Waals surface area (Å²) in [6, 6.07) is 34.2. The first-order valence-corrected chi connectivity index (χ1v) is 12.7. The Labute approximate surface area is 218 Å². The van der Waals surface area contributed by atoms with Crippen LogP contribution in [0.15, 0.2) is 103 Å². The van der Waals surface area contributed by atoms with Crippen molar-refractivity contribution in [3.8, 4) is 0 Å². The first kappa shape index (κ1) is 20.7. The van der Waals surface area contributed by atoms with E-state index in [1.54, 1.807) is 6.33 Å². The number of nitrogens with zero attached hydrogens (tertiary/aromatic N) is 4. The van der Waals surface area contributed by atoms with Crippen LogP contribution in [0.25, 0.3) is 0 Å². The van der Waals surface area contributed by atoms with Gasteiger partial charge < -0.3 is 0 Å². The molecule has 2 aliphatic heterocycles. The molecular weight excluding hydrogens is 542 g/mol. The molecule has 35 heavy (non-hydrogen) atoms. The highest BCUT2D eigenvalue weighted by atomic mass is 127. The first-order chi connectivity index (χ1) is 17.2. The van der Waals surface area contributed by atoms with Crippen molar-refractivity contribution in [2.75, 3.05) is 9.80 Å². The van der Waals surface area contributed by atoms with Gasteiger partial charge in [0.05, 0.1) is 0 Å². The van der Waals surface area contributed by atoms with E-state index in [1.165, 1.54) is 31.4 Å². The quantitative estimate of drug-likeness (QED) is 0.207. The van der Waals surface area contributed by atoms with E-state index in [-0.39, 0.29) is 6.71 Å². The number of halogens is 1. The Kier molecular flexibility index (Phi) is 4.70. The molecule has 0 saturated carbocycles. The molecule has 7 rings (SSSR count). The summed E-state index contributed by atoms with van der Waals surface area (Å²) in [5.74, 6) is 1.88. The molecule has 0 fully saturated rings. The van der Waals surface area contributed by atoms with Crippen molar-refractivity contribution in [3.63, 3.8) is 0 Å². The maximum atomic E-state index is 4.91. The Morgan fingerprint density at radius 1 is 0.600 bits per heavy atom. The molecule has 0 aliphatic carbocycles. The molecule has 0 amide bonds. The maximum absolute atomic E-state index is 4.91. The normalized spacial score (nSPS) is 13.3. The molecular formula is C29H20BIN4. The molecule has 5 aromatic rings. The average Bonchev–Trinajstić information content (AvgIpc) is 2.90. The van der Waals surface area contributed by atoms with Gasteiger partial charge in [0.25, 0.3) is 6.71 Å². The maximum Gasteiger partial charge on any atom is 0.258 e. The van der Waals surface area contributed by atoms with E-state index >= 15 is 0 Å². The number of para-hydroxylation sites is 2. The van der Waals surface area contributed by atoms with Gasteiger partial charge in [-0.05, 0) is 82.9 Å². The van der Waals surface area contributed by atoms with Crippen molar-refractivity contribution in [2.45, 2.75) is 6.92 Å². The molecule has 6 heteroatoms. The van der Waals surface area contributed by atoms with Crippen molar-refractivity contribution >= 4 is 80.1 Å². The fourth-order valence-corrected chi connectivity index (χ4v) is 6.37. The summed E-state index contributed by atoms with van der Waals surface area (Å²) in [5, 5.41) is 0. The van der Waals surface area contributed by atoms with Gasteiger partial charge in [-0.25, -0.2) is 9.97 Å². The van der Waals surface area contributed by atoms with E-state index in [9.17, 15) is 0 Å². The van der Waals surface area contributed by atoms with E-state index in [1.807, 2.05) is 0 Å². The van der Waals surface area contributed by atoms with Crippen LogP contribution in [0, 0.1) is 10.5 Å². The van der Waals surface area contributed by atoms with Crippen molar-refractivity contribution in [1.82, 2.24) is 9.97 Å². The number of benzene rings is 4. The molecule has 2 aliphatic rings. The van der Waals surface area contributed by atoms with Gasteiger partial charge in [-0.3, -0.25) is 9.80 Å². The summed E-state index contributed by atoms with van der Waals surface area (Å²) < 4.78 is 1.24. The minimum absolute atomic E-state index is 0.0559. The number of aromatic nitrogens is 2.